The fraction of sp³-hybridized carbons (Fsp3) is 0.569. The molecule has 0 unspecified atom stereocenters. The summed E-state index contributed by atoms with van der Waals surface area (Å²) in [6.07, 6.45) is -4.91. The van der Waals surface area contributed by atoms with Crippen LogP contribution >= 0.6 is 23.7 Å². The van der Waals surface area contributed by atoms with E-state index in [-0.39, 0.29) is 46.3 Å². The molecule has 5 aromatic rings. The van der Waals surface area contributed by atoms with Crippen LogP contribution in [0.5, 0.6) is 11.5 Å². The smallest absolute Gasteiger partial charge is 0.504 e. The van der Waals surface area contributed by atoms with E-state index < -0.39 is 216 Å². The molecule has 10 rings (SSSR count). The third kappa shape index (κ3) is 20.1. The first-order valence-corrected chi connectivity index (χ1v) is 37.8. The first kappa shape index (κ1) is 83.7. The Morgan fingerprint density at radius 3 is 2.05 bits per heavy atom. The summed E-state index contributed by atoms with van der Waals surface area (Å²) in [5.41, 5.74) is 2.66. The number of benzene rings is 3. The van der Waals surface area contributed by atoms with Gasteiger partial charge in [0.25, 0.3) is 18.2 Å². The number of hydrogen-bond donors (Lipinski definition) is 15. The molecular weight excluding hydrogens is 1480 g/mol. The fourth-order valence-corrected chi connectivity index (χ4v) is 16.2. The Labute approximate surface area is 639 Å². The molecule has 0 spiro atoms. The highest BCUT2D eigenvalue weighted by molar-refractivity contribution is 7.90. The highest BCUT2D eigenvalue weighted by Crippen LogP contribution is 2.48. The van der Waals surface area contributed by atoms with Gasteiger partial charge < -0.3 is 110 Å². The van der Waals surface area contributed by atoms with Crippen LogP contribution in [-0.2, 0) is 60.6 Å². The Kier molecular flexibility index (Phi) is 28.9. The van der Waals surface area contributed by atoms with Crippen molar-refractivity contribution in [2.24, 2.45) is 11.8 Å². The van der Waals surface area contributed by atoms with Crippen molar-refractivity contribution in [2.45, 2.75) is 201 Å². The lowest BCUT2D eigenvalue weighted by Crippen LogP contribution is -2.64. The molecule has 38 heteroatoms. The number of methoxy groups -OCH3 is 1. The number of nitrogens with one attached hydrogen (secondary N) is 5. The first-order chi connectivity index (χ1) is 52.6. The second kappa shape index (κ2) is 38.0. The number of carbonyl (C=O) groups is 8. The number of aryl methyl sites for hydroxylation is 1. The SMILES string of the molecule is COC1(C2CCCCC2)CCC(c2ccc(-c3nnc(-c4ccc(C(=O)N[C@H]5C[C@@H](O)CNC(=O)[C@@H]6[C@@H](O)[C@@H](C)CN6C(=O)[C@H]([C@H](O)CCN(C(=O)OCc6oc(=O)oc6C)C(CO)CO)NC(=O)[C@H]([C@H](O)Cc6ccc(O)c(OSOOO)c6)NC(=O)[C@@H]6C[C@@H](O)CN6C(=O)[C@H]([C@@H](C)O)NC5=O)cc4)s3)cc2)CC1. The molecule has 15 N–H and O–H groups in total. The van der Waals surface area contributed by atoms with Crippen molar-refractivity contribution < 1.29 is 121 Å². The number of aromatic nitrogens is 2. The number of carbonyl (C=O) groups excluding carboxylic acids is 8. The van der Waals surface area contributed by atoms with Gasteiger partial charge in [0.05, 0.1) is 61.5 Å². The summed E-state index contributed by atoms with van der Waals surface area (Å²) >= 11 is 1.36. The quantitative estimate of drug-likeness (QED) is 0.0175. The lowest BCUT2D eigenvalue weighted by atomic mass is 9.66. The van der Waals surface area contributed by atoms with Crippen molar-refractivity contribution in [1.82, 2.24) is 51.5 Å². The summed E-state index contributed by atoms with van der Waals surface area (Å²) in [6.45, 7) is -1.32. The molecule has 110 heavy (non-hydrogen) atoms. The number of ether oxygens (including phenoxy) is 2. The monoisotopic (exact) mass is 1580 g/mol. The molecule has 2 aromatic heterocycles. The summed E-state index contributed by atoms with van der Waals surface area (Å²) in [6, 6.07) is 4.25. The van der Waals surface area contributed by atoms with E-state index in [9.17, 15) is 79.5 Å². The molecule has 5 fully saturated rings. The summed E-state index contributed by atoms with van der Waals surface area (Å²) in [7, 11) is 1.86. The number of hydrogen-bond acceptors (Lipinski definition) is 30. The highest BCUT2D eigenvalue weighted by atomic mass is 32.2. The number of rotatable bonds is 24. The Hall–Kier alpha value is -8.74. The molecule has 5 heterocycles. The maximum atomic E-state index is 15.4. The largest absolute Gasteiger partial charge is 0.519 e. The van der Waals surface area contributed by atoms with E-state index in [1.54, 1.807) is 12.1 Å². The van der Waals surface area contributed by atoms with Gasteiger partial charge in [0.1, 0.15) is 46.3 Å². The van der Waals surface area contributed by atoms with Gasteiger partial charge in [0.2, 0.25) is 35.4 Å². The summed E-state index contributed by atoms with van der Waals surface area (Å²) < 4.78 is 30.7. The van der Waals surface area contributed by atoms with E-state index in [4.69, 9.17) is 27.7 Å². The molecule has 3 saturated heterocycles. The third-order valence-corrected chi connectivity index (χ3v) is 22.7. The van der Waals surface area contributed by atoms with Crippen LogP contribution in [0.1, 0.15) is 130 Å². The second-order valence-electron chi connectivity index (χ2n) is 28.6. The van der Waals surface area contributed by atoms with Gasteiger partial charge in [-0.1, -0.05) is 89.4 Å². The van der Waals surface area contributed by atoms with Crippen molar-refractivity contribution in [3.63, 3.8) is 0 Å². The molecule has 8 amide bonds. The van der Waals surface area contributed by atoms with Crippen LogP contribution < -0.4 is 36.6 Å². The van der Waals surface area contributed by atoms with Crippen LogP contribution in [0.2, 0.25) is 0 Å². The number of nitrogens with zero attached hydrogens (tertiary/aromatic N) is 5. The van der Waals surface area contributed by atoms with Gasteiger partial charge in [-0.25, -0.2) is 14.8 Å². The first-order valence-electron chi connectivity index (χ1n) is 36.3. The van der Waals surface area contributed by atoms with Gasteiger partial charge in [-0.15, -0.1) is 10.2 Å². The number of aromatic hydroxyl groups is 1. The molecule has 13 atom stereocenters. The minimum absolute atomic E-state index is 0.0119. The van der Waals surface area contributed by atoms with Gasteiger partial charge in [-0.05, 0) is 106 Å². The van der Waals surface area contributed by atoms with Crippen LogP contribution in [0.25, 0.3) is 21.1 Å². The highest BCUT2D eigenvalue weighted by Gasteiger charge is 2.51. The summed E-state index contributed by atoms with van der Waals surface area (Å²) in [5.74, 6) is -10.8. The predicted molar refractivity (Wildman–Crippen MR) is 386 cm³/mol. The molecule has 5 aliphatic rings. The van der Waals surface area contributed by atoms with Crippen molar-refractivity contribution in [3.05, 3.63) is 106 Å². The van der Waals surface area contributed by atoms with Gasteiger partial charge in [0.15, 0.2) is 29.6 Å². The zero-order valence-corrected chi connectivity index (χ0v) is 62.4. The van der Waals surface area contributed by atoms with E-state index in [1.807, 2.05) is 19.2 Å². The molecular formula is C72H94N10O26S2. The van der Waals surface area contributed by atoms with Crippen molar-refractivity contribution in [2.75, 3.05) is 46.5 Å². The zero-order chi connectivity index (χ0) is 79.3. The molecule has 3 aliphatic heterocycles. The molecule has 2 aliphatic carbocycles. The zero-order valence-electron chi connectivity index (χ0n) is 60.8. The molecule has 3 aromatic carbocycles. The Bertz CT molecular complexity index is 4050. The second-order valence-corrected chi connectivity index (χ2v) is 30.0. The van der Waals surface area contributed by atoms with E-state index in [0.717, 1.165) is 65.0 Å². The van der Waals surface area contributed by atoms with E-state index >= 15 is 9.59 Å². The average molecular weight is 1580 g/mol. The van der Waals surface area contributed by atoms with Crippen LogP contribution in [0.15, 0.2) is 80.4 Å². The number of amides is 8. The van der Waals surface area contributed by atoms with Crippen LogP contribution in [0.4, 0.5) is 4.79 Å². The van der Waals surface area contributed by atoms with Crippen molar-refractivity contribution in [1.29, 1.82) is 0 Å². The maximum Gasteiger partial charge on any atom is 0.519 e. The number of phenols is 1. The molecule has 0 bridgehead atoms. The molecule has 600 valence electrons. The summed E-state index contributed by atoms with van der Waals surface area (Å²) in [4.78, 5) is 132. The lowest BCUT2D eigenvalue weighted by Gasteiger charge is -2.46. The number of phenolic OH excluding ortho intramolecular Hbond substituents is 1. The predicted octanol–water partition coefficient (Wildman–Crippen LogP) is 0.749. The summed E-state index contributed by atoms with van der Waals surface area (Å²) in [5, 5.41) is 136. The number of aliphatic hydroxyl groups is 8. The van der Waals surface area contributed by atoms with E-state index in [1.165, 1.54) is 81.1 Å². The van der Waals surface area contributed by atoms with Crippen LogP contribution in [-0.4, -0.2) is 255 Å². The van der Waals surface area contributed by atoms with Gasteiger partial charge in [-0.2, -0.15) is 0 Å². The molecule has 2 saturated carbocycles. The van der Waals surface area contributed by atoms with E-state index in [0.29, 0.717) is 27.4 Å². The Morgan fingerprint density at radius 2 is 1.42 bits per heavy atom. The number of β-amino-alcohol motifs (C(OH)–C–C–N with tert-alkyl or cyclic N) is 1. The third-order valence-electron chi connectivity index (χ3n) is 21.4. The average Bonchev–Trinajstić information content (AvgIpc) is 1.38. The van der Waals surface area contributed by atoms with E-state index in [2.05, 4.69) is 58.3 Å². The van der Waals surface area contributed by atoms with Gasteiger partial charge in [0, 0.05) is 75.2 Å². The van der Waals surface area contributed by atoms with Crippen LogP contribution in [0, 0.1) is 18.8 Å². The molecule has 0 radical (unpaired) electrons. The van der Waals surface area contributed by atoms with Crippen molar-refractivity contribution >= 4 is 71.1 Å². The van der Waals surface area contributed by atoms with Crippen molar-refractivity contribution in [3.8, 4) is 32.6 Å². The Balaban J connectivity index is 0.921. The Morgan fingerprint density at radius 1 is 0.773 bits per heavy atom. The van der Waals surface area contributed by atoms with Crippen LogP contribution in [0.3, 0.4) is 0 Å². The fourth-order valence-electron chi connectivity index (χ4n) is 15.1. The number of fused-ring (bicyclic) bond motifs is 2. The normalized spacial score (nSPS) is 26.5. The topological polar surface area (TPSA) is 524 Å². The van der Waals surface area contributed by atoms with Gasteiger partial charge in [-0.3, -0.25) is 33.6 Å². The minimum Gasteiger partial charge on any atom is -0.504 e. The van der Waals surface area contributed by atoms with Gasteiger partial charge >= 0.3 is 11.9 Å². The maximum absolute atomic E-state index is 15.4. The minimum atomic E-state index is -2.32. The number of aliphatic hydroxyl groups excluding tert-OH is 8. The standard InChI is InChI=1S/C72H94N10O26S2/c1-36-31-82-59(60(36)91)65(96)73-30-47(86)28-49(74-61(92)42-13-17-44(18-14-42)67-79-78-66(109-67)43-15-11-40(12-16-43)41-20-23-72(102-4,24-21-41)45-8-6-5-7-9-45)62(93)75-56(37(2)85)68(97)81-32-48(87)29-50(81)63(94)76-57(53(90)26-39-10-19-51(88)54(27-39)106-110-108-107-101)64(95)77-58(69(82)98)52(89)22-25-80(46(33-83)34-84)70(99)103-35-55-38(3)104-71(100)105-55/h10-19,27,36-37,41,45-50,52-53,56-60,83-91,101H,5-9,20-26,28-35H2,1-4H3,(H,73,96)(H,74,92)(H,75,93)(H,76,94)(H,77,95)/t36-,37+,41?,47+,48+,49-,50-,52+,53+,56-,57-,58-,59-,60-,72?/m0/s1. The molecule has 36 nitrogen and oxygen atoms in total. The lowest BCUT2D eigenvalue weighted by molar-refractivity contribution is -0.433.